The van der Waals surface area contributed by atoms with Gasteiger partial charge in [-0.05, 0) is 42.9 Å². The lowest BCUT2D eigenvalue weighted by atomic mass is 9.94. The minimum absolute atomic E-state index is 0.114. The Bertz CT molecular complexity index is 1100. The molecule has 0 N–H and O–H groups in total. The predicted octanol–water partition coefficient (Wildman–Crippen LogP) is 3.10. The van der Waals surface area contributed by atoms with E-state index in [1.165, 1.54) is 17.5 Å². The second kappa shape index (κ2) is 7.02. The van der Waals surface area contributed by atoms with Gasteiger partial charge in [-0.25, -0.2) is 14.6 Å². The van der Waals surface area contributed by atoms with Gasteiger partial charge in [0.2, 0.25) is 5.95 Å². The number of aryl methyl sites for hydroxylation is 2. The number of aromatic nitrogens is 4. The third-order valence-electron chi connectivity index (χ3n) is 5.49. The summed E-state index contributed by atoms with van der Waals surface area (Å²) >= 11 is 6.26. The van der Waals surface area contributed by atoms with Crippen LogP contribution in [0.2, 0.25) is 5.02 Å². The molecule has 1 fully saturated rings. The molecular weight excluding hydrogens is 374 g/mol. The highest BCUT2D eigenvalue weighted by molar-refractivity contribution is 6.31. The van der Waals surface area contributed by atoms with Crippen LogP contribution in [0.3, 0.4) is 0 Å². The molecule has 5 rings (SSSR count). The average molecular weight is 394 g/mol. The molecule has 0 saturated carbocycles. The van der Waals surface area contributed by atoms with E-state index in [9.17, 15) is 4.79 Å². The van der Waals surface area contributed by atoms with Crippen molar-refractivity contribution < 1.29 is 0 Å². The molecule has 28 heavy (non-hydrogen) atoms. The summed E-state index contributed by atoms with van der Waals surface area (Å²) in [5.41, 5.74) is 4.47. The SMILES string of the molecule is O=c1cc2c(nn1Cc1ccccc1Cl)-c1cnc(N3CCCC3)nc1CC2. The Labute approximate surface area is 167 Å². The molecule has 0 unspecified atom stereocenters. The number of benzene rings is 1. The van der Waals surface area contributed by atoms with Gasteiger partial charge in [0.25, 0.3) is 5.56 Å². The van der Waals surface area contributed by atoms with E-state index in [4.69, 9.17) is 16.6 Å². The van der Waals surface area contributed by atoms with Crippen LogP contribution >= 0.6 is 11.6 Å². The lowest BCUT2D eigenvalue weighted by molar-refractivity contribution is 0.633. The van der Waals surface area contributed by atoms with Crippen LogP contribution in [0.1, 0.15) is 29.7 Å². The number of rotatable bonds is 3. The number of halogens is 1. The monoisotopic (exact) mass is 393 g/mol. The van der Waals surface area contributed by atoms with Crippen molar-refractivity contribution in [3.63, 3.8) is 0 Å². The van der Waals surface area contributed by atoms with Crippen LogP contribution in [0.5, 0.6) is 0 Å². The molecule has 0 spiro atoms. The van der Waals surface area contributed by atoms with Gasteiger partial charge in [0, 0.05) is 35.9 Å². The summed E-state index contributed by atoms with van der Waals surface area (Å²) in [7, 11) is 0. The Kier molecular flexibility index (Phi) is 4.36. The number of hydrogen-bond donors (Lipinski definition) is 0. The van der Waals surface area contributed by atoms with Gasteiger partial charge in [0.05, 0.1) is 17.9 Å². The quantitative estimate of drug-likeness (QED) is 0.684. The van der Waals surface area contributed by atoms with Gasteiger partial charge in [-0.2, -0.15) is 5.10 Å². The molecule has 142 valence electrons. The third kappa shape index (κ3) is 3.07. The minimum atomic E-state index is -0.114. The van der Waals surface area contributed by atoms with Crippen molar-refractivity contribution >= 4 is 17.5 Å². The van der Waals surface area contributed by atoms with Gasteiger partial charge >= 0.3 is 0 Å². The molecule has 1 aliphatic carbocycles. The first-order valence-electron chi connectivity index (χ1n) is 9.65. The van der Waals surface area contributed by atoms with E-state index >= 15 is 0 Å². The molecule has 2 aromatic heterocycles. The van der Waals surface area contributed by atoms with Crippen LogP contribution < -0.4 is 10.5 Å². The molecule has 7 heteroatoms. The van der Waals surface area contributed by atoms with E-state index in [2.05, 4.69) is 15.0 Å². The van der Waals surface area contributed by atoms with E-state index in [0.29, 0.717) is 11.6 Å². The van der Waals surface area contributed by atoms with Gasteiger partial charge in [0.15, 0.2) is 0 Å². The van der Waals surface area contributed by atoms with E-state index in [1.807, 2.05) is 30.5 Å². The van der Waals surface area contributed by atoms with Gasteiger partial charge in [0.1, 0.15) is 0 Å². The molecule has 6 nitrogen and oxygen atoms in total. The van der Waals surface area contributed by atoms with Crippen LogP contribution in [0.25, 0.3) is 11.3 Å². The van der Waals surface area contributed by atoms with Crippen LogP contribution in [-0.2, 0) is 19.4 Å². The number of nitrogens with zero attached hydrogens (tertiary/aromatic N) is 5. The fraction of sp³-hybridized carbons (Fsp3) is 0.333. The lowest BCUT2D eigenvalue weighted by Crippen LogP contribution is -2.27. The van der Waals surface area contributed by atoms with E-state index < -0.39 is 0 Å². The van der Waals surface area contributed by atoms with Crippen molar-refractivity contribution in [2.45, 2.75) is 32.2 Å². The second-order valence-corrected chi connectivity index (χ2v) is 7.74. The molecule has 0 bridgehead atoms. The summed E-state index contributed by atoms with van der Waals surface area (Å²) in [4.78, 5) is 24.2. The maximum absolute atomic E-state index is 12.6. The van der Waals surface area contributed by atoms with Crippen molar-refractivity contribution in [1.29, 1.82) is 0 Å². The Balaban J connectivity index is 1.54. The topological polar surface area (TPSA) is 63.9 Å². The van der Waals surface area contributed by atoms with E-state index in [1.54, 1.807) is 6.07 Å². The largest absolute Gasteiger partial charge is 0.341 e. The van der Waals surface area contributed by atoms with Gasteiger partial charge < -0.3 is 4.90 Å². The first kappa shape index (κ1) is 17.4. The summed E-state index contributed by atoms with van der Waals surface area (Å²) in [6.07, 6.45) is 5.83. The van der Waals surface area contributed by atoms with Crippen molar-refractivity contribution in [3.8, 4) is 11.3 Å². The summed E-state index contributed by atoms with van der Waals surface area (Å²) in [6, 6.07) is 9.21. The Morgan fingerprint density at radius 1 is 1.11 bits per heavy atom. The molecule has 1 aliphatic heterocycles. The zero-order valence-electron chi connectivity index (χ0n) is 15.4. The first-order valence-corrected chi connectivity index (χ1v) is 10.0. The lowest BCUT2D eigenvalue weighted by Gasteiger charge is -2.21. The number of anilines is 1. The Morgan fingerprint density at radius 2 is 1.93 bits per heavy atom. The van der Waals surface area contributed by atoms with E-state index in [-0.39, 0.29) is 5.56 Å². The summed E-state index contributed by atoms with van der Waals surface area (Å²) in [5.74, 6) is 0.809. The summed E-state index contributed by atoms with van der Waals surface area (Å²) in [5, 5.41) is 5.30. The summed E-state index contributed by atoms with van der Waals surface area (Å²) in [6.45, 7) is 2.38. The molecular formula is C21H20ClN5O. The highest BCUT2D eigenvalue weighted by Gasteiger charge is 2.23. The van der Waals surface area contributed by atoms with Crippen molar-refractivity contribution in [3.05, 3.63) is 68.7 Å². The van der Waals surface area contributed by atoms with Gasteiger partial charge in [-0.1, -0.05) is 29.8 Å². The molecule has 0 radical (unpaired) electrons. The highest BCUT2D eigenvalue weighted by atomic mass is 35.5. The fourth-order valence-electron chi connectivity index (χ4n) is 3.96. The second-order valence-electron chi connectivity index (χ2n) is 7.33. The van der Waals surface area contributed by atoms with Crippen LogP contribution in [0, 0.1) is 0 Å². The zero-order valence-corrected chi connectivity index (χ0v) is 16.2. The molecule has 1 aromatic carbocycles. The van der Waals surface area contributed by atoms with Gasteiger partial charge in [-0.15, -0.1) is 0 Å². The maximum Gasteiger partial charge on any atom is 0.267 e. The molecule has 1 saturated heterocycles. The molecule has 3 heterocycles. The maximum atomic E-state index is 12.6. The smallest absolute Gasteiger partial charge is 0.267 e. The standard InChI is InChI=1S/C21H20ClN5O/c22-17-6-2-1-5-15(17)13-27-19(28)11-14-7-8-18-16(20(14)25-27)12-23-21(24-18)26-9-3-4-10-26/h1-2,5-6,11-12H,3-4,7-10,13H2. The Hall–Kier alpha value is -2.73. The Morgan fingerprint density at radius 3 is 2.75 bits per heavy atom. The normalized spacial score (nSPS) is 15.4. The van der Waals surface area contributed by atoms with Crippen molar-refractivity contribution in [1.82, 2.24) is 19.7 Å². The third-order valence-corrected chi connectivity index (χ3v) is 5.85. The molecule has 2 aliphatic rings. The number of fused-ring (bicyclic) bond motifs is 3. The molecule has 0 atom stereocenters. The van der Waals surface area contributed by atoms with E-state index in [0.717, 1.165) is 60.0 Å². The molecule has 3 aromatic rings. The van der Waals surface area contributed by atoms with Crippen molar-refractivity contribution in [2.24, 2.45) is 0 Å². The van der Waals surface area contributed by atoms with Crippen molar-refractivity contribution in [2.75, 3.05) is 18.0 Å². The average Bonchev–Trinajstić information content (AvgIpc) is 3.25. The summed E-state index contributed by atoms with van der Waals surface area (Å²) < 4.78 is 1.48. The van der Waals surface area contributed by atoms with Gasteiger partial charge in [-0.3, -0.25) is 4.79 Å². The minimum Gasteiger partial charge on any atom is -0.341 e. The molecule has 0 amide bonds. The van der Waals surface area contributed by atoms with Crippen LogP contribution in [0.15, 0.2) is 41.3 Å². The highest BCUT2D eigenvalue weighted by Crippen LogP contribution is 2.31. The number of hydrogen-bond acceptors (Lipinski definition) is 5. The van der Waals surface area contributed by atoms with Crippen LogP contribution in [0.4, 0.5) is 5.95 Å². The predicted molar refractivity (Wildman–Crippen MR) is 109 cm³/mol. The fourth-order valence-corrected chi connectivity index (χ4v) is 4.16. The zero-order chi connectivity index (χ0) is 19.1. The first-order chi connectivity index (χ1) is 13.7. The van der Waals surface area contributed by atoms with Crippen LogP contribution in [-0.4, -0.2) is 32.8 Å².